The van der Waals surface area contributed by atoms with Gasteiger partial charge in [-0.15, -0.1) is 0 Å². The number of carboxylic acid groups (broad SMARTS) is 1. The Labute approximate surface area is 211 Å². The number of carbonyl (C=O) groups is 1. The fourth-order valence-corrected chi connectivity index (χ4v) is 6.12. The lowest BCUT2D eigenvalue weighted by molar-refractivity contribution is -0.139. The van der Waals surface area contributed by atoms with E-state index in [9.17, 15) is 20.0 Å². The first-order chi connectivity index (χ1) is 12.6. The summed E-state index contributed by atoms with van der Waals surface area (Å²) in [6.45, 7) is 1.49. The molecule has 0 fully saturated rings. The lowest BCUT2D eigenvalue weighted by atomic mass is 9.86. The molecule has 0 aromatic heterocycles. The van der Waals surface area contributed by atoms with Gasteiger partial charge in [0, 0.05) is 0 Å². The lowest BCUT2D eigenvalue weighted by Gasteiger charge is -2.17. The highest BCUT2D eigenvalue weighted by Crippen LogP contribution is 2.36. The van der Waals surface area contributed by atoms with Crippen LogP contribution in [0, 0.1) is 14.3 Å². The number of hydrogen-bond donors (Lipinski definition) is 4. The van der Waals surface area contributed by atoms with Crippen LogP contribution in [0.5, 0.6) is 17.2 Å². The predicted molar refractivity (Wildman–Crippen MR) is 138 cm³/mol. The molecule has 0 aliphatic heterocycles. The van der Waals surface area contributed by atoms with Gasteiger partial charge in [-0.1, -0.05) is 0 Å². The zero-order valence-corrected chi connectivity index (χ0v) is 22.5. The first kappa shape index (κ1) is 23.7. The van der Waals surface area contributed by atoms with E-state index in [1.807, 2.05) is 57.3 Å². The van der Waals surface area contributed by atoms with E-state index in [1.165, 1.54) is 6.82 Å². The van der Waals surface area contributed by atoms with Gasteiger partial charge in [-0.2, -0.15) is 0 Å². The zero-order chi connectivity index (χ0) is 20.3. The van der Waals surface area contributed by atoms with Gasteiger partial charge in [-0.05, 0) is 133 Å². The number of rotatable bonds is 7. The molecule has 0 bridgehead atoms. The van der Waals surface area contributed by atoms with Gasteiger partial charge in [0.15, 0.2) is 5.75 Å². The largest absolute Gasteiger partial charge is 0.506 e. The number of phenols is 1. The average Bonchev–Trinajstić information content (AvgIpc) is 2.54. The summed E-state index contributed by atoms with van der Waals surface area (Å²) in [5.74, 6) is 0.500. The summed E-state index contributed by atoms with van der Waals surface area (Å²) in [5.41, 5.74) is 0.826. The van der Waals surface area contributed by atoms with E-state index in [1.54, 1.807) is 12.1 Å². The molecule has 6 nitrogen and oxygen atoms in total. The topological polar surface area (TPSA) is 99.0 Å². The van der Waals surface area contributed by atoms with Crippen LogP contribution in [0.3, 0.4) is 0 Å². The smallest absolute Gasteiger partial charge is 0.374 e. The molecule has 2 rings (SSSR count). The molecule has 2 aromatic rings. The zero-order valence-electron chi connectivity index (χ0n) is 13.8. The Morgan fingerprint density at radius 2 is 1.63 bits per heavy atom. The maximum Gasteiger partial charge on any atom is 0.374 e. The Morgan fingerprint density at radius 3 is 2.07 bits per heavy atom. The fraction of sp³-hybridized carbons (Fsp3) is 0.188. The third-order valence-electron chi connectivity index (χ3n) is 3.45. The Kier molecular flexibility index (Phi) is 9.17. The van der Waals surface area contributed by atoms with Gasteiger partial charge in [0.1, 0.15) is 17.5 Å². The lowest BCUT2D eigenvalue weighted by Crippen LogP contribution is -2.46. The second-order valence-electron chi connectivity index (χ2n) is 5.66. The van der Waals surface area contributed by atoms with Crippen molar-refractivity contribution in [3.05, 3.63) is 44.1 Å². The van der Waals surface area contributed by atoms with Crippen LogP contribution in [0.15, 0.2) is 24.3 Å². The summed E-state index contributed by atoms with van der Waals surface area (Å²) in [7, 11) is -0.911. The van der Waals surface area contributed by atoms with Crippen molar-refractivity contribution in [1.82, 2.24) is 5.23 Å². The molecule has 27 heavy (non-hydrogen) atoms. The van der Waals surface area contributed by atoms with Crippen LogP contribution >= 0.6 is 90.4 Å². The number of ether oxygens (including phenoxy) is 1. The number of aliphatic carboxylic acids is 1. The summed E-state index contributed by atoms with van der Waals surface area (Å²) in [4.78, 5) is 11.4. The first-order valence-corrected chi connectivity index (χ1v) is 11.9. The Hall–Kier alpha value is 0.415. The van der Waals surface area contributed by atoms with Crippen molar-refractivity contribution in [2.75, 3.05) is 0 Å². The second kappa shape index (κ2) is 10.4. The number of nitrogens with one attached hydrogen (secondary N) is 1. The van der Waals surface area contributed by atoms with Crippen molar-refractivity contribution >= 4 is 103 Å². The molecule has 2 aromatic carbocycles. The third-order valence-corrected chi connectivity index (χ3v) is 6.70. The third kappa shape index (κ3) is 6.72. The predicted octanol–water partition coefficient (Wildman–Crippen LogP) is 4.30. The Balaban J connectivity index is 2.27. The van der Waals surface area contributed by atoms with Crippen LogP contribution in [0.2, 0.25) is 6.82 Å². The summed E-state index contributed by atoms with van der Waals surface area (Å²) >= 11 is 8.40. The number of aromatic hydroxyl groups is 1. The molecule has 0 aliphatic rings. The summed E-state index contributed by atoms with van der Waals surface area (Å²) in [5, 5.41) is 31.3. The van der Waals surface area contributed by atoms with Crippen molar-refractivity contribution in [2.45, 2.75) is 19.3 Å². The van der Waals surface area contributed by atoms with Crippen LogP contribution < -0.4 is 9.96 Å². The SMILES string of the molecule is CB(O)NC(Cc1cc(I)c(Oc2cc(I)c(O)c(I)c2)c(I)c1)C(=O)O. The van der Waals surface area contributed by atoms with E-state index in [4.69, 9.17) is 4.74 Å². The van der Waals surface area contributed by atoms with Crippen molar-refractivity contribution in [3.8, 4) is 17.2 Å². The molecule has 0 spiro atoms. The summed E-state index contributed by atoms with van der Waals surface area (Å²) in [6, 6.07) is 6.36. The van der Waals surface area contributed by atoms with Crippen molar-refractivity contribution in [2.24, 2.45) is 0 Å². The number of benzene rings is 2. The molecular formula is C16H14BI4NO5. The Morgan fingerprint density at radius 1 is 1.11 bits per heavy atom. The van der Waals surface area contributed by atoms with Gasteiger partial charge in [0.25, 0.3) is 0 Å². The molecule has 0 aliphatic carbocycles. The van der Waals surface area contributed by atoms with Gasteiger partial charge < -0.3 is 25.2 Å². The molecular weight excluding hydrogens is 805 g/mol. The van der Waals surface area contributed by atoms with Crippen LogP contribution in [0.25, 0.3) is 0 Å². The molecule has 1 unspecified atom stereocenters. The second-order valence-corrected chi connectivity index (χ2v) is 10.3. The van der Waals surface area contributed by atoms with E-state index in [0.717, 1.165) is 12.7 Å². The maximum absolute atomic E-state index is 11.4. The Bertz CT molecular complexity index is 819. The van der Waals surface area contributed by atoms with Gasteiger partial charge in [-0.3, -0.25) is 4.79 Å². The van der Waals surface area contributed by atoms with Crippen molar-refractivity contribution < 1.29 is 24.8 Å². The van der Waals surface area contributed by atoms with Crippen LogP contribution in [-0.4, -0.2) is 34.3 Å². The van der Waals surface area contributed by atoms with Crippen LogP contribution in [0.1, 0.15) is 5.56 Å². The van der Waals surface area contributed by atoms with E-state index in [2.05, 4.69) is 50.4 Å². The highest BCUT2D eigenvalue weighted by Gasteiger charge is 2.22. The molecule has 1 atom stereocenters. The highest BCUT2D eigenvalue weighted by molar-refractivity contribution is 14.1. The minimum Gasteiger partial charge on any atom is -0.506 e. The molecule has 11 heteroatoms. The molecule has 4 N–H and O–H groups in total. The molecule has 0 saturated heterocycles. The molecule has 0 radical (unpaired) electrons. The van der Waals surface area contributed by atoms with E-state index in [-0.39, 0.29) is 12.2 Å². The quantitative estimate of drug-likeness (QED) is 0.246. The average molecular weight is 819 g/mol. The highest BCUT2D eigenvalue weighted by atomic mass is 127. The maximum atomic E-state index is 11.4. The monoisotopic (exact) mass is 819 g/mol. The number of hydrogen-bond acceptors (Lipinski definition) is 5. The number of carboxylic acids is 1. The first-order valence-electron chi connectivity index (χ1n) is 7.59. The number of phenolic OH excluding ortho intramolecular Hbond substituents is 1. The standard InChI is InChI=1S/C16H14BI4NO5/c1-17(26)22-13(16(24)25)4-7-2-11(20)15(12(21)3-7)27-8-5-9(18)14(23)10(19)6-8/h2-3,5-6,13,22-23,26H,4H2,1H3,(H,24,25). The fourth-order valence-electron chi connectivity index (χ4n) is 2.29. The summed E-state index contributed by atoms with van der Waals surface area (Å²) in [6.07, 6.45) is 0.238. The van der Waals surface area contributed by atoms with Crippen LogP contribution in [0.4, 0.5) is 0 Å². The van der Waals surface area contributed by atoms with E-state index in [0.29, 0.717) is 18.6 Å². The summed E-state index contributed by atoms with van der Waals surface area (Å²) < 4.78 is 9.10. The van der Waals surface area contributed by atoms with E-state index >= 15 is 0 Å². The molecule has 0 saturated carbocycles. The number of halogens is 4. The molecule has 0 amide bonds. The van der Waals surface area contributed by atoms with Crippen molar-refractivity contribution in [1.29, 1.82) is 0 Å². The van der Waals surface area contributed by atoms with Gasteiger partial charge in [-0.25, -0.2) is 0 Å². The van der Waals surface area contributed by atoms with E-state index < -0.39 is 19.1 Å². The van der Waals surface area contributed by atoms with Crippen LogP contribution in [-0.2, 0) is 11.2 Å². The van der Waals surface area contributed by atoms with Crippen molar-refractivity contribution in [3.63, 3.8) is 0 Å². The molecule has 0 heterocycles. The van der Waals surface area contributed by atoms with Gasteiger partial charge in [0.05, 0.1) is 14.3 Å². The molecule has 144 valence electrons. The van der Waals surface area contributed by atoms with Gasteiger partial charge >= 0.3 is 13.0 Å². The normalized spacial score (nSPS) is 11.9. The minimum absolute atomic E-state index is 0.230. The van der Waals surface area contributed by atoms with Gasteiger partial charge in [0.2, 0.25) is 0 Å². The minimum atomic E-state index is -1.02.